The Hall–Kier alpha value is -1.23. The van der Waals surface area contributed by atoms with E-state index in [1.807, 2.05) is 32.9 Å². The summed E-state index contributed by atoms with van der Waals surface area (Å²) in [5, 5.41) is 0. The number of aromatic nitrogens is 1. The minimum Gasteiger partial charge on any atom is -0.455 e. The number of fused-ring (bicyclic) bond motifs is 1. The summed E-state index contributed by atoms with van der Waals surface area (Å²) in [4.78, 5) is 20.6. The van der Waals surface area contributed by atoms with Crippen LogP contribution in [0.15, 0.2) is 21.7 Å². The maximum Gasteiger partial charge on any atom is 0.353 e. The fourth-order valence-electron chi connectivity index (χ4n) is 1.68. The van der Waals surface area contributed by atoms with Gasteiger partial charge in [-0.3, -0.25) is 0 Å². The number of aliphatic imine (C=N–C) groups is 1. The average molecular weight is 311 g/mol. The molecule has 5 heteroatoms. The van der Waals surface area contributed by atoms with E-state index in [4.69, 9.17) is 4.74 Å². The molecule has 1 aliphatic heterocycles. The lowest BCUT2D eigenvalue weighted by Gasteiger charge is -2.21. The predicted molar refractivity (Wildman–Crippen MR) is 73.2 cm³/mol. The quantitative estimate of drug-likeness (QED) is 0.591. The molecule has 1 aliphatic rings. The molecule has 1 aromatic rings. The van der Waals surface area contributed by atoms with Crippen molar-refractivity contribution >= 4 is 33.3 Å². The van der Waals surface area contributed by atoms with Crippen LogP contribution in [-0.2, 0) is 16.0 Å². The highest BCUT2D eigenvalue weighted by atomic mass is 79.9. The number of aryl methyl sites for hydroxylation is 1. The molecule has 0 N–H and O–H groups in total. The van der Waals surface area contributed by atoms with E-state index in [0.29, 0.717) is 18.6 Å². The number of halogens is 1. The van der Waals surface area contributed by atoms with Gasteiger partial charge in [0.2, 0.25) is 0 Å². The van der Waals surface area contributed by atoms with Gasteiger partial charge in [-0.05, 0) is 55.3 Å². The molecule has 0 bridgehead atoms. The third kappa shape index (κ3) is 3.16. The summed E-state index contributed by atoms with van der Waals surface area (Å²) >= 11 is 3.32. The molecule has 4 nitrogen and oxygen atoms in total. The number of nitrogens with zero attached hydrogens (tertiary/aromatic N) is 2. The Kier molecular flexibility index (Phi) is 3.52. The molecule has 2 heterocycles. The summed E-state index contributed by atoms with van der Waals surface area (Å²) in [6.45, 7) is 5.54. The molecular weight excluding hydrogens is 296 g/mol. The van der Waals surface area contributed by atoms with E-state index in [0.717, 1.165) is 16.0 Å². The summed E-state index contributed by atoms with van der Waals surface area (Å²) < 4.78 is 6.11. The van der Waals surface area contributed by atoms with Crippen molar-refractivity contribution in [1.82, 2.24) is 4.98 Å². The first-order valence-corrected chi connectivity index (χ1v) is 6.61. The van der Waals surface area contributed by atoms with Crippen molar-refractivity contribution in [3.63, 3.8) is 0 Å². The van der Waals surface area contributed by atoms with Gasteiger partial charge >= 0.3 is 5.97 Å². The van der Waals surface area contributed by atoms with Crippen LogP contribution < -0.4 is 0 Å². The summed E-state index contributed by atoms with van der Waals surface area (Å²) in [6.07, 6.45) is 1.29. The van der Waals surface area contributed by atoms with E-state index in [-0.39, 0.29) is 5.97 Å². The lowest BCUT2D eigenvalue weighted by Crippen LogP contribution is -2.30. The van der Waals surface area contributed by atoms with E-state index < -0.39 is 5.60 Å². The molecular formula is C13H15BrN2O2. The third-order valence-corrected chi connectivity index (χ3v) is 2.85. The van der Waals surface area contributed by atoms with Gasteiger partial charge in [-0.15, -0.1) is 0 Å². The number of carbonyl (C=O) groups excluding carboxylic acids is 1. The van der Waals surface area contributed by atoms with Crippen molar-refractivity contribution in [3.8, 4) is 0 Å². The molecule has 0 amide bonds. The Balaban J connectivity index is 2.22. The van der Waals surface area contributed by atoms with Gasteiger partial charge in [-0.1, -0.05) is 0 Å². The van der Waals surface area contributed by atoms with Crippen LogP contribution in [0.3, 0.4) is 0 Å². The largest absolute Gasteiger partial charge is 0.455 e. The monoisotopic (exact) mass is 310 g/mol. The van der Waals surface area contributed by atoms with Gasteiger partial charge in [0.1, 0.15) is 15.9 Å². The van der Waals surface area contributed by atoms with Crippen molar-refractivity contribution in [2.75, 3.05) is 0 Å². The van der Waals surface area contributed by atoms with Crippen molar-refractivity contribution in [3.05, 3.63) is 22.4 Å². The minimum atomic E-state index is -0.488. The number of hydrogen-bond donors (Lipinski definition) is 0. The molecule has 0 saturated heterocycles. The molecule has 1 aromatic heterocycles. The van der Waals surface area contributed by atoms with Crippen LogP contribution >= 0.6 is 15.9 Å². The summed E-state index contributed by atoms with van der Waals surface area (Å²) in [6, 6.07) is 3.68. The first kappa shape index (κ1) is 13.2. The lowest BCUT2D eigenvalue weighted by molar-refractivity contribution is -0.146. The second-order valence-electron chi connectivity index (χ2n) is 5.16. The van der Waals surface area contributed by atoms with Crippen LogP contribution in [0.4, 0.5) is 5.69 Å². The standard InChI is InChI=1S/C13H15BrN2O2/c1-13(2,3)18-12(17)10-5-4-9-8(15-10)6-7-11(14)16-9/h6-7H,4-5H2,1-3H3. The van der Waals surface area contributed by atoms with E-state index in [1.165, 1.54) is 0 Å². The summed E-state index contributed by atoms with van der Waals surface area (Å²) in [7, 11) is 0. The fraction of sp³-hybridized carbons (Fsp3) is 0.462. The zero-order valence-corrected chi connectivity index (χ0v) is 12.2. The topological polar surface area (TPSA) is 51.5 Å². The molecule has 0 aliphatic carbocycles. The molecule has 0 aromatic carbocycles. The molecule has 0 fully saturated rings. The number of ether oxygens (including phenoxy) is 1. The van der Waals surface area contributed by atoms with Gasteiger partial charge in [0, 0.05) is 6.42 Å². The van der Waals surface area contributed by atoms with Gasteiger partial charge in [-0.2, -0.15) is 0 Å². The number of carbonyl (C=O) groups is 1. The second-order valence-corrected chi connectivity index (χ2v) is 5.97. The zero-order chi connectivity index (χ0) is 13.3. The van der Waals surface area contributed by atoms with Gasteiger partial charge in [-0.25, -0.2) is 14.8 Å². The Labute approximate surface area is 115 Å². The Morgan fingerprint density at radius 3 is 2.72 bits per heavy atom. The van der Waals surface area contributed by atoms with Gasteiger partial charge in [0.05, 0.1) is 11.4 Å². The van der Waals surface area contributed by atoms with E-state index in [2.05, 4.69) is 25.9 Å². The average Bonchev–Trinajstić information content (AvgIpc) is 2.26. The van der Waals surface area contributed by atoms with Gasteiger partial charge in [0.25, 0.3) is 0 Å². The molecule has 96 valence electrons. The van der Waals surface area contributed by atoms with E-state index in [9.17, 15) is 4.79 Å². The zero-order valence-electron chi connectivity index (χ0n) is 10.7. The Morgan fingerprint density at radius 2 is 2.06 bits per heavy atom. The van der Waals surface area contributed by atoms with Crippen LogP contribution in [-0.4, -0.2) is 22.3 Å². The highest BCUT2D eigenvalue weighted by molar-refractivity contribution is 9.10. The highest BCUT2D eigenvalue weighted by Gasteiger charge is 2.24. The number of esters is 1. The summed E-state index contributed by atoms with van der Waals surface area (Å²) in [5.41, 5.74) is 1.65. The van der Waals surface area contributed by atoms with Crippen LogP contribution in [0.5, 0.6) is 0 Å². The van der Waals surface area contributed by atoms with E-state index in [1.54, 1.807) is 0 Å². The SMILES string of the molecule is CC(C)(C)OC(=O)C1=Nc2ccc(Br)nc2CC1. The molecule has 0 atom stereocenters. The number of pyridine rings is 1. The first-order chi connectivity index (χ1) is 8.35. The lowest BCUT2D eigenvalue weighted by atomic mass is 10.1. The van der Waals surface area contributed by atoms with Gasteiger partial charge in [0.15, 0.2) is 0 Å². The van der Waals surface area contributed by atoms with Crippen LogP contribution in [0.1, 0.15) is 32.9 Å². The van der Waals surface area contributed by atoms with Crippen molar-refractivity contribution in [2.45, 2.75) is 39.2 Å². The van der Waals surface area contributed by atoms with Gasteiger partial charge < -0.3 is 4.74 Å². The van der Waals surface area contributed by atoms with Crippen molar-refractivity contribution < 1.29 is 9.53 Å². The Bertz CT molecular complexity index is 518. The first-order valence-electron chi connectivity index (χ1n) is 5.81. The predicted octanol–water partition coefficient (Wildman–Crippen LogP) is 3.20. The van der Waals surface area contributed by atoms with Crippen molar-refractivity contribution in [1.29, 1.82) is 0 Å². The maximum atomic E-state index is 11.9. The molecule has 18 heavy (non-hydrogen) atoms. The molecule has 0 unspecified atom stereocenters. The molecule has 0 saturated carbocycles. The second kappa shape index (κ2) is 4.80. The van der Waals surface area contributed by atoms with Crippen molar-refractivity contribution in [2.24, 2.45) is 4.99 Å². The highest BCUT2D eigenvalue weighted by Crippen LogP contribution is 2.26. The summed E-state index contributed by atoms with van der Waals surface area (Å²) in [5.74, 6) is -0.337. The van der Waals surface area contributed by atoms with Crippen LogP contribution in [0.25, 0.3) is 0 Å². The van der Waals surface area contributed by atoms with E-state index >= 15 is 0 Å². The molecule has 0 spiro atoms. The molecule has 2 rings (SSSR count). The minimum absolute atomic E-state index is 0.337. The van der Waals surface area contributed by atoms with Crippen LogP contribution in [0, 0.1) is 0 Å². The number of hydrogen-bond acceptors (Lipinski definition) is 4. The third-order valence-electron chi connectivity index (χ3n) is 2.40. The normalized spacial score (nSPS) is 14.8. The smallest absolute Gasteiger partial charge is 0.353 e. The van der Waals surface area contributed by atoms with Crippen LogP contribution in [0.2, 0.25) is 0 Å². The fourth-order valence-corrected chi connectivity index (χ4v) is 2.02. The Morgan fingerprint density at radius 1 is 1.33 bits per heavy atom. The maximum absolute atomic E-state index is 11.9. The number of rotatable bonds is 1. The molecule has 0 radical (unpaired) electrons.